The summed E-state index contributed by atoms with van der Waals surface area (Å²) in [6.07, 6.45) is 6.56. The predicted molar refractivity (Wildman–Crippen MR) is 132 cm³/mol. The Kier molecular flexibility index (Phi) is 8.25. The highest BCUT2D eigenvalue weighted by Gasteiger charge is 2.19. The Morgan fingerprint density at radius 3 is 2.91 bits per heavy atom. The van der Waals surface area contributed by atoms with Crippen LogP contribution in [0.5, 0.6) is 5.88 Å². The fraction of sp³-hybridized carbons (Fsp3) is 0.333. The van der Waals surface area contributed by atoms with Gasteiger partial charge in [0.15, 0.2) is 0 Å². The van der Waals surface area contributed by atoms with Crippen molar-refractivity contribution in [3.05, 3.63) is 61.1 Å². The maximum atomic E-state index is 11.6. The number of carbonyl (C=O) groups excluding carboxylic acids is 1. The van der Waals surface area contributed by atoms with Gasteiger partial charge in [-0.15, -0.1) is 0 Å². The van der Waals surface area contributed by atoms with Gasteiger partial charge in [0.05, 0.1) is 44.4 Å². The molecule has 3 aromatic rings. The van der Waals surface area contributed by atoms with Crippen LogP contribution in [0.4, 0.5) is 23.0 Å². The molecule has 184 valence electrons. The summed E-state index contributed by atoms with van der Waals surface area (Å²) in [5.74, 6) is 0.585. The zero-order valence-corrected chi connectivity index (χ0v) is 19.6. The Hall–Kier alpha value is -3.96. The third-order valence-electron chi connectivity index (χ3n) is 5.26. The molecule has 1 aliphatic rings. The molecule has 1 aliphatic heterocycles. The molecule has 4 rings (SSSR count). The van der Waals surface area contributed by atoms with Crippen LogP contribution in [-0.2, 0) is 27.4 Å². The third kappa shape index (κ3) is 6.78. The van der Waals surface area contributed by atoms with Crippen molar-refractivity contribution < 1.29 is 19.0 Å². The number of ether oxygens (including phenoxy) is 3. The van der Waals surface area contributed by atoms with Gasteiger partial charge in [-0.3, -0.25) is 9.48 Å². The number of anilines is 4. The van der Waals surface area contributed by atoms with E-state index in [4.69, 9.17) is 14.2 Å². The van der Waals surface area contributed by atoms with Crippen molar-refractivity contribution in [2.75, 3.05) is 55.6 Å². The van der Waals surface area contributed by atoms with Crippen LogP contribution < -0.4 is 20.3 Å². The van der Waals surface area contributed by atoms with Crippen molar-refractivity contribution in [1.29, 1.82) is 0 Å². The third-order valence-corrected chi connectivity index (χ3v) is 5.26. The van der Waals surface area contributed by atoms with Crippen molar-refractivity contribution in [3.8, 4) is 5.88 Å². The van der Waals surface area contributed by atoms with E-state index in [0.717, 1.165) is 30.0 Å². The second kappa shape index (κ2) is 12.0. The lowest BCUT2D eigenvalue weighted by Gasteiger charge is -2.29. The number of morpholine rings is 1. The second-order valence-corrected chi connectivity index (χ2v) is 7.78. The molecular formula is C24H29N7O4. The molecule has 11 nitrogen and oxygen atoms in total. The number of amides is 1. The Labute approximate surface area is 203 Å². The predicted octanol–water partition coefficient (Wildman–Crippen LogP) is 2.60. The molecule has 0 radical (unpaired) electrons. The maximum absolute atomic E-state index is 11.6. The summed E-state index contributed by atoms with van der Waals surface area (Å²) in [6.45, 7) is 7.67. The van der Waals surface area contributed by atoms with E-state index in [9.17, 15) is 4.79 Å². The van der Waals surface area contributed by atoms with E-state index < -0.39 is 0 Å². The van der Waals surface area contributed by atoms with Crippen molar-refractivity contribution in [1.82, 2.24) is 19.7 Å². The largest absolute Gasteiger partial charge is 0.471 e. The minimum atomic E-state index is -0.269. The second-order valence-electron chi connectivity index (χ2n) is 7.78. The average molecular weight is 480 g/mol. The molecule has 0 bridgehead atoms. The lowest BCUT2D eigenvalue weighted by atomic mass is 10.2. The number of hydrogen-bond acceptors (Lipinski definition) is 9. The van der Waals surface area contributed by atoms with Gasteiger partial charge in [0, 0.05) is 32.1 Å². The van der Waals surface area contributed by atoms with Gasteiger partial charge in [-0.1, -0.05) is 18.7 Å². The van der Waals surface area contributed by atoms with Crippen LogP contribution in [0.25, 0.3) is 0 Å². The van der Waals surface area contributed by atoms with E-state index in [0.29, 0.717) is 43.9 Å². The summed E-state index contributed by atoms with van der Waals surface area (Å²) in [4.78, 5) is 22.9. The van der Waals surface area contributed by atoms with E-state index >= 15 is 0 Å². The molecule has 0 aliphatic carbocycles. The van der Waals surface area contributed by atoms with Gasteiger partial charge < -0.3 is 29.7 Å². The SMILES string of the molecule is C=CC(=O)Nc1cccc(COc2nc(Nc3cnn(CCOC)c3)ncc2N2CCOCC2)c1. The molecule has 0 spiro atoms. The number of benzene rings is 1. The smallest absolute Gasteiger partial charge is 0.247 e. The summed E-state index contributed by atoms with van der Waals surface area (Å²) in [5, 5.41) is 10.2. The lowest BCUT2D eigenvalue weighted by Crippen LogP contribution is -2.36. The molecule has 0 unspecified atom stereocenters. The van der Waals surface area contributed by atoms with E-state index in [1.807, 2.05) is 30.5 Å². The first-order chi connectivity index (χ1) is 17.1. The molecule has 1 fully saturated rings. The standard InChI is InChI=1S/C24H29N7O4/c1-3-22(32)27-19-6-4-5-18(13-19)17-35-23-21(30-7-11-34-12-8-30)15-25-24(29-23)28-20-14-26-31(16-20)9-10-33-2/h3-6,13-16H,1,7-12,17H2,2H3,(H,27,32)(H,25,28,29). The quantitative estimate of drug-likeness (QED) is 0.400. The first kappa shape index (κ1) is 24.2. The molecular weight excluding hydrogens is 450 g/mol. The molecule has 1 aromatic carbocycles. The number of carbonyl (C=O) groups is 1. The van der Waals surface area contributed by atoms with Crippen LogP contribution in [-0.4, -0.2) is 65.7 Å². The van der Waals surface area contributed by atoms with E-state index in [-0.39, 0.29) is 12.5 Å². The highest BCUT2D eigenvalue weighted by molar-refractivity contribution is 5.98. The maximum Gasteiger partial charge on any atom is 0.247 e. The Balaban J connectivity index is 1.51. The van der Waals surface area contributed by atoms with Crippen LogP contribution in [0.3, 0.4) is 0 Å². The van der Waals surface area contributed by atoms with Gasteiger partial charge in [-0.05, 0) is 23.8 Å². The van der Waals surface area contributed by atoms with Crippen LogP contribution in [0.15, 0.2) is 55.5 Å². The number of rotatable bonds is 11. The first-order valence-electron chi connectivity index (χ1n) is 11.3. The van der Waals surface area contributed by atoms with Gasteiger partial charge in [0.2, 0.25) is 17.7 Å². The highest BCUT2D eigenvalue weighted by Crippen LogP contribution is 2.29. The molecule has 2 N–H and O–H groups in total. The number of methoxy groups -OCH3 is 1. The van der Waals surface area contributed by atoms with Gasteiger partial charge in [-0.25, -0.2) is 4.98 Å². The number of nitrogens with zero attached hydrogens (tertiary/aromatic N) is 5. The number of nitrogens with one attached hydrogen (secondary N) is 2. The van der Waals surface area contributed by atoms with Gasteiger partial charge >= 0.3 is 0 Å². The van der Waals surface area contributed by atoms with E-state index in [1.54, 1.807) is 24.2 Å². The van der Waals surface area contributed by atoms with Crippen LogP contribution in [0, 0.1) is 0 Å². The average Bonchev–Trinajstić information content (AvgIpc) is 3.34. The Bertz CT molecular complexity index is 1140. The molecule has 2 aromatic heterocycles. The van der Waals surface area contributed by atoms with Crippen molar-refractivity contribution >= 4 is 28.9 Å². The molecule has 0 saturated carbocycles. The summed E-state index contributed by atoms with van der Waals surface area (Å²) < 4.78 is 18.5. The summed E-state index contributed by atoms with van der Waals surface area (Å²) in [5.41, 5.74) is 3.11. The highest BCUT2D eigenvalue weighted by atomic mass is 16.5. The fourth-order valence-corrected chi connectivity index (χ4v) is 3.50. The topological polar surface area (TPSA) is 116 Å². The van der Waals surface area contributed by atoms with E-state index in [2.05, 4.69) is 37.2 Å². The van der Waals surface area contributed by atoms with Crippen LogP contribution in [0.1, 0.15) is 5.56 Å². The minimum Gasteiger partial charge on any atom is -0.471 e. The van der Waals surface area contributed by atoms with Crippen LogP contribution in [0.2, 0.25) is 0 Å². The van der Waals surface area contributed by atoms with Gasteiger partial charge in [-0.2, -0.15) is 10.1 Å². The molecule has 1 saturated heterocycles. The summed E-state index contributed by atoms with van der Waals surface area (Å²) >= 11 is 0. The molecule has 35 heavy (non-hydrogen) atoms. The van der Waals surface area contributed by atoms with Gasteiger partial charge in [0.25, 0.3) is 0 Å². The van der Waals surface area contributed by atoms with Crippen LogP contribution >= 0.6 is 0 Å². The summed E-state index contributed by atoms with van der Waals surface area (Å²) in [6, 6.07) is 7.44. The molecule has 1 amide bonds. The monoisotopic (exact) mass is 479 g/mol. The normalized spacial score (nSPS) is 13.3. The van der Waals surface area contributed by atoms with Crippen molar-refractivity contribution in [2.45, 2.75) is 13.2 Å². The molecule has 11 heteroatoms. The van der Waals surface area contributed by atoms with Gasteiger partial charge in [0.1, 0.15) is 12.3 Å². The Morgan fingerprint density at radius 2 is 2.11 bits per heavy atom. The van der Waals surface area contributed by atoms with Crippen molar-refractivity contribution in [3.63, 3.8) is 0 Å². The first-order valence-corrected chi connectivity index (χ1v) is 11.3. The molecule has 3 heterocycles. The zero-order valence-electron chi connectivity index (χ0n) is 19.6. The molecule has 0 atom stereocenters. The van der Waals surface area contributed by atoms with Crippen molar-refractivity contribution in [2.24, 2.45) is 0 Å². The number of hydrogen-bond donors (Lipinski definition) is 2. The minimum absolute atomic E-state index is 0.264. The lowest BCUT2D eigenvalue weighted by molar-refractivity contribution is -0.111. The number of aromatic nitrogens is 4. The Morgan fingerprint density at radius 1 is 1.26 bits per heavy atom. The zero-order chi connectivity index (χ0) is 24.5. The summed E-state index contributed by atoms with van der Waals surface area (Å²) in [7, 11) is 1.65. The van der Waals surface area contributed by atoms with E-state index in [1.165, 1.54) is 6.08 Å². The fourth-order valence-electron chi connectivity index (χ4n) is 3.50.